The molecule has 0 spiro atoms. The van der Waals surface area contributed by atoms with E-state index in [4.69, 9.17) is 9.47 Å². The Labute approximate surface area is 148 Å². The molecule has 2 rings (SSSR count). The summed E-state index contributed by atoms with van der Waals surface area (Å²) in [5, 5.41) is 2.07. The van der Waals surface area contributed by atoms with Gasteiger partial charge in [-0.1, -0.05) is 30.3 Å². The zero-order valence-electron chi connectivity index (χ0n) is 13.3. The van der Waals surface area contributed by atoms with E-state index in [-0.39, 0.29) is 18.9 Å². The first kappa shape index (κ1) is 18.2. The quantitative estimate of drug-likeness (QED) is 0.558. The summed E-state index contributed by atoms with van der Waals surface area (Å²) in [6.07, 6.45) is 0.186. The molecule has 0 heterocycles. The number of carbonyl (C=O) groups excluding carboxylic acids is 2. The molecule has 128 valence electrons. The fraction of sp³-hybridized carbons (Fsp3) is 0.294. The van der Waals surface area contributed by atoms with Gasteiger partial charge in [-0.25, -0.2) is 0 Å². The van der Waals surface area contributed by atoms with Crippen molar-refractivity contribution in [3.05, 3.63) is 40.9 Å². The summed E-state index contributed by atoms with van der Waals surface area (Å²) in [6, 6.07) is 11.6. The molecule has 0 unspecified atom stereocenters. The van der Waals surface area contributed by atoms with Gasteiger partial charge in [0.05, 0.1) is 17.5 Å². The van der Waals surface area contributed by atoms with Crippen LogP contribution in [-0.2, 0) is 14.3 Å². The normalized spacial score (nSPS) is 10.4. The number of rotatable bonds is 7. The van der Waals surface area contributed by atoms with Gasteiger partial charge < -0.3 is 9.47 Å². The Morgan fingerprint density at radius 2 is 1.83 bits per heavy atom. The first-order valence-electron chi connectivity index (χ1n) is 7.57. The molecule has 24 heavy (non-hydrogen) atoms. The van der Waals surface area contributed by atoms with Crippen LogP contribution in [0.5, 0.6) is 5.75 Å². The third kappa shape index (κ3) is 5.21. The topological polar surface area (TPSA) is 76.7 Å². The first-order chi connectivity index (χ1) is 11.6. The number of benzene rings is 2. The number of amides is 2. The predicted molar refractivity (Wildman–Crippen MR) is 94.5 cm³/mol. The average Bonchev–Trinajstić information content (AvgIpc) is 2.60. The monoisotopic (exact) mass is 394 g/mol. The zero-order valence-corrected chi connectivity index (χ0v) is 14.9. The Morgan fingerprint density at radius 1 is 1.08 bits per heavy atom. The average molecular weight is 395 g/mol. The lowest BCUT2D eigenvalue weighted by Crippen LogP contribution is -2.44. The van der Waals surface area contributed by atoms with Crippen molar-refractivity contribution in [2.45, 2.75) is 13.3 Å². The van der Waals surface area contributed by atoms with Gasteiger partial charge in [0, 0.05) is 6.61 Å². The third-order valence-corrected chi connectivity index (χ3v) is 4.02. The van der Waals surface area contributed by atoms with Gasteiger partial charge in [0.2, 0.25) is 5.91 Å². The predicted octanol–water partition coefficient (Wildman–Crippen LogP) is 2.56. The van der Waals surface area contributed by atoms with E-state index in [1.54, 1.807) is 6.07 Å². The second kappa shape index (κ2) is 9.24. The molecule has 2 aromatic carbocycles. The molecule has 0 aromatic heterocycles. The highest BCUT2D eigenvalue weighted by Crippen LogP contribution is 2.32. The minimum Gasteiger partial charge on any atom is -0.483 e. The van der Waals surface area contributed by atoms with E-state index in [1.807, 2.05) is 37.3 Å². The van der Waals surface area contributed by atoms with E-state index in [2.05, 4.69) is 26.8 Å². The maximum Gasteiger partial charge on any atom is 0.276 e. The molecule has 7 heteroatoms. The molecule has 0 saturated carbocycles. The largest absolute Gasteiger partial charge is 0.483 e. The molecule has 0 aliphatic carbocycles. The van der Waals surface area contributed by atoms with E-state index in [9.17, 15) is 9.59 Å². The summed E-state index contributed by atoms with van der Waals surface area (Å²) in [7, 11) is 0. The highest BCUT2D eigenvalue weighted by Gasteiger charge is 2.09. The molecule has 2 amide bonds. The van der Waals surface area contributed by atoms with Crippen LogP contribution in [0.15, 0.2) is 40.9 Å². The molecule has 0 aliphatic rings. The fourth-order valence-corrected chi connectivity index (χ4v) is 2.62. The van der Waals surface area contributed by atoms with Gasteiger partial charge in [-0.2, -0.15) is 0 Å². The summed E-state index contributed by atoms with van der Waals surface area (Å²) in [4.78, 5) is 23.2. The Bertz CT molecular complexity index is 721. The number of fused-ring (bicyclic) bond motifs is 1. The Balaban J connectivity index is 1.82. The Hall–Kier alpha value is -2.12. The van der Waals surface area contributed by atoms with Crippen LogP contribution in [0, 0.1) is 0 Å². The van der Waals surface area contributed by atoms with Crippen LogP contribution in [0.4, 0.5) is 0 Å². The van der Waals surface area contributed by atoms with Crippen molar-refractivity contribution in [2.24, 2.45) is 0 Å². The lowest BCUT2D eigenvalue weighted by atomic mass is 10.1. The smallest absolute Gasteiger partial charge is 0.276 e. The second-order valence-corrected chi connectivity index (χ2v) is 5.72. The molecule has 0 radical (unpaired) electrons. The van der Waals surface area contributed by atoms with Crippen molar-refractivity contribution in [2.75, 3.05) is 19.8 Å². The van der Waals surface area contributed by atoms with E-state index in [1.165, 1.54) is 0 Å². The van der Waals surface area contributed by atoms with E-state index < -0.39 is 5.91 Å². The summed E-state index contributed by atoms with van der Waals surface area (Å²) in [5.41, 5.74) is 4.61. The molecule has 0 atom stereocenters. The number of ether oxygens (including phenoxy) is 2. The molecule has 0 saturated heterocycles. The summed E-state index contributed by atoms with van der Waals surface area (Å²) < 4.78 is 11.4. The van der Waals surface area contributed by atoms with Crippen molar-refractivity contribution in [3.8, 4) is 5.75 Å². The van der Waals surface area contributed by atoms with Gasteiger partial charge in [-0.3, -0.25) is 20.4 Å². The van der Waals surface area contributed by atoms with Gasteiger partial charge in [-0.15, -0.1) is 0 Å². The van der Waals surface area contributed by atoms with E-state index >= 15 is 0 Å². The Morgan fingerprint density at radius 3 is 2.62 bits per heavy atom. The van der Waals surface area contributed by atoms with Crippen LogP contribution in [-0.4, -0.2) is 31.6 Å². The molecule has 0 aliphatic heterocycles. The summed E-state index contributed by atoms with van der Waals surface area (Å²) in [6.45, 7) is 2.51. The lowest BCUT2D eigenvalue weighted by molar-refractivity contribution is -0.130. The number of nitrogens with one attached hydrogen (secondary N) is 2. The number of halogens is 1. The fourth-order valence-electron chi connectivity index (χ4n) is 2.02. The molecule has 2 N–H and O–H groups in total. The van der Waals surface area contributed by atoms with Crippen LogP contribution in [0.3, 0.4) is 0 Å². The third-order valence-electron chi connectivity index (χ3n) is 3.21. The molecular weight excluding hydrogens is 376 g/mol. The SMILES string of the molecule is CCOCCC(=O)NNC(=O)COc1ccc2ccccc2c1Br. The van der Waals surface area contributed by atoms with Crippen molar-refractivity contribution in [1.29, 1.82) is 0 Å². The maximum atomic E-state index is 11.7. The highest BCUT2D eigenvalue weighted by atomic mass is 79.9. The molecule has 0 bridgehead atoms. The van der Waals surface area contributed by atoms with Crippen molar-refractivity contribution >= 4 is 38.5 Å². The van der Waals surface area contributed by atoms with Gasteiger partial charge in [-0.05, 0) is 39.7 Å². The standard InChI is InChI=1S/C17H19BrN2O4/c1-2-23-10-9-15(21)19-20-16(22)11-24-14-8-7-12-5-3-4-6-13(12)17(14)18/h3-8H,2,9-11H2,1H3,(H,19,21)(H,20,22). The minimum atomic E-state index is -0.445. The first-order valence-corrected chi connectivity index (χ1v) is 8.36. The Kier molecular flexibility index (Phi) is 7.02. The highest BCUT2D eigenvalue weighted by molar-refractivity contribution is 9.10. The number of carbonyl (C=O) groups is 2. The van der Waals surface area contributed by atoms with Crippen LogP contribution in [0.25, 0.3) is 10.8 Å². The van der Waals surface area contributed by atoms with Crippen LogP contribution in [0.1, 0.15) is 13.3 Å². The van der Waals surface area contributed by atoms with Gasteiger partial charge in [0.15, 0.2) is 6.61 Å². The van der Waals surface area contributed by atoms with Crippen LogP contribution < -0.4 is 15.6 Å². The second-order valence-electron chi connectivity index (χ2n) is 4.93. The lowest BCUT2D eigenvalue weighted by Gasteiger charge is -2.11. The number of hydrazine groups is 1. The van der Waals surface area contributed by atoms with E-state index in [0.29, 0.717) is 19.0 Å². The minimum absolute atomic E-state index is 0.186. The molecule has 6 nitrogen and oxygen atoms in total. The molecular formula is C17H19BrN2O4. The van der Waals surface area contributed by atoms with Gasteiger partial charge >= 0.3 is 0 Å². The summed E-state index contributed by atoms with van der Waals surface area (Å²) in [5.74, 6) is -0.199. The van der Waals surface area contributed by atoms with Gasteiger partial charge in [0.25, 0.3) is 5.91 Å². The van der Waals surface area contributed by atoms with Crippen LogP contribution >= 0.6 is 15.9 Å². The van der Waals surface area contributed by atoms with Gasteiger partial charge in [0.1, 0.15) is 5.75 Å². The number of hydrogen-bond donors (Lipinski definition) is 2. The maximum absolute atomic E-state index is 11.7. The van der Waals surface area contributed by atoms with E-state index in [0.717, 1.165) is 15.2 Å². The molecule has 0 fully saturated rings. The van der Waals surface area contributed by atoms with Crippen molar-refractivity contribution in [1.82, 2.24) is 10.9 Å². The molecule has 2 aromatic rings. The van der Waals surface area contributed by atoms with Crippen LogP contribution in [0.2, 0.25) is 0 Å². The van der Waals surface area contributed by atoms with Crippen molar-refractivity contribution < 1.29 is 19.1 Å². The summed E-state index contributed by atoms with van der Waals surface area (Å²) >= 11 is 3.49. The van der Waals surface area contributed by atoms with Crippen molar-refractivity contribution in [3.63, 3.8) is 0 Å². The number of hydrogen-bond acceptors (Lipinski definition) is 4. The zero-order chi connectivity index (χ0) is 17.4.